The Kier molecular flexibility index (Phi) is 1.41. The quantitative estimate of drug-likeness (QED) is 0.436. The summed E-state index contributed by atoms with van der Waals surface area (Å²) in [6, 6.07) is 0. The Morgan fingerprint density at radius 1 is 1.55 bits per heavy atom. The summed E-state index contributed by atoms with van der Waals surface area (Å²) in [5, 5.41) is 0. The number of hydrogen-bond donors (Lipinski definition) is 0. The molecule has 2 unspecified atom stereocenters. The van der Waals surface area contributed by atoms with Crippen LogP contribution in [0.5, 0.6) is 0 Å². The van der Waals surface area contributed by atoms with Crippen LogP contribution in [0.1, 0.15) is 19.3 Å². The van der Waals surface area contributed by atoms with Crippen molar-refractivity contribution in [3.63, 3.8) is 0 Å². The molecule has 0 aromatic carbocycles. The standard InChI is InChI=1S/C9H10O2/c10-5-9(11)8-4-6-1-2-7(8)3-6/h4-7H,1-3H2. The van der Waals surface area contributed by atoms with E-state index in [4.69, 9.17) is 0 Å². The third-order valence-electron chi connectivity index (χ3n) is 2.72. The summed E-state index contributed by atoms with van der Waals surface area (Å²) in [4.78, 5) is 21.1. The first-order chi connectivity index (χ1) is 5.31. The molecule has 0 radical (unpaired) electrons. The molecule has 2 atom stereocenters. The highest BCUT2D eigenvalue weighted by molar-refractivity contribution is 6.33. The summed E-state index contributed by atoms with van der Waals surface area (Å²) < 4.78 is 0. The topological polar surface area (TPSA) is 34.1 Å². The highest BCUT2D eigenvalue weighted by Gasteiger charge is 2.35. The Labute approximate surface area is 65.3 Å². The third-order valence-corrected chi connectivity index (χ3v) is 2.72. The van der Waals surface area contributed by atoms with E-state index in [1.54, 1.807) is 0 Å². The molecule has 2 bridgehead atoms. The summed E-state index contributed by atoms with van der Waals surface area (Å²) in [6.45, 7) is 0. The van der Waals surface area contributed by atoms with Crippen molar-refractivity contribution in [1.29, 1.82) is 0 Å². The minimum atomic E-state index is -0.294. The number of ketones is 1. The molecule has 2 aliphatic rings. The predicted octanol–water partition coefficient (Wildman–Crippen LogP) is 1.11. The second kappa shape index (κ2) is 2.29. The molecular formula is C9H10O2. The van der Waals surface area contributed by atoms with Crippen molar-refractivity contribution < 1.29 is 9.59 Å². The van der Waals surface area contributed by atoms with Crippen molar-refractivity contribution in [1.82, 2.24) is 0 Å². The van der Waals surface area contributed by atoms with Crippen molar-refractivity contribution >= 4 is 12.1 Å². The number of allylic oxidation sites excluding steroid dienone is 2. The first-order valence-corrected chi connectivity index (χ1v) is 4.02. The zero-order valence-corrected chi connectivity index (χ0v) is 6.25. The van der Waals surface area contributed by atoms with E-state index in [0.717, 1.165) is 18.4 Å². The Hall–Kier alpha value is -0.920. The van der Waals surface area contributed by atoms with Gasteiger partial charge >= 0.3 is 0 Å². The Bertz CT molecular complexity index is 240. The van der Waals surface area contributed by atoms with Crippen molar-refractivity contribution in [2.45, 2.75) is 19.3 Å². The highest BCUT2D eigenvalue weighted by Crippen LogP contribution is 2.43. The number of hydrogen-bond acceptors (Lipinski definition) is 2. The van der Waals surface area contributed by atoms with E-state index >= 15 is 0 Å². The van der Waals surface area contributed by atoms with Gasteiger partial charge in [-0.3, -0.25) is 9.59 Å². The van der Waals surface area contributed by atoms with E-state index in [2.05, 4.69) is 0 Å². The number of carbonyl (C=O) groups excluding carboxylic acids is 2. The van der Waals surface area contributed by atoms with Gasteiger partial charge < -0.3 is 0 Å². The fraction of sp³-hybridized carbons (Fsp3) is 0.556. The van der Waals surface area contributed by atoms with Gasteiger partial charge in [-0.25, -0.2) is 0 Å². The molecule has 0 aromatic heterocycles. The van der Waals surface area contributed by atoms with Gasteiger partial charge in [0.1, 0.15) is 0 Å². The first kappa shape index (κ1) is 6.77. The van der Waals surface area contributed by atoms with Gasteiger partial charge in [0.2, 0.25) is 5.78 Å². The van der Waals surface area contributed by atoms with Crippen LogP contribution in [0.15, 0.2) is 11.6 Å². The summed E-state index contributed by atoms with van der Waals surface area (Å²) >= 11 is 0. The largest absolute Gasteiger partial charge is 0.294 e. The summed E-state index contributed by atoms with van der Waals surface area (Å²) in [6.07, 6.45) is 5.85. The van der Waals surface area contributed by atoms with Crippen LogP contribution in [0.2, 0.25) is 0 Å². The zero-order valence-electron chi connectivity index (χ0n) is 6.25. The second-order valence-corrected chi connectivity index (χ2v) is 3.37. The van der Waals surface area contributed by atoms with Crippen LogP contribution in [0, 0.1) is 11.8 Å². The van der Waals surface area contributed by atoms with Crippen LogP contribution in [0.4, 0.5) is 0 Å². The number of aldehydes is 1. The zero-order chi connectivity index (χ0) is 7.84. The maximum Gasteiger partial charge on any atom is 0.221 e. The Balaban J connectivity index is 2.22. The maximum atomic E-state index is 11.0. The van der Waals surface area contributed by atoms with E-state index in [9.17, 15) is 9.59 Å². The molecule has 2 rings (SSSR count). The summed E-state index contributed by atoms with van der Waals surface area (Å²) in [5.74, 6) is 0.716. The smallest absolute Gasteiger partial charge is 0.221 e. The number of carbonyl (C=O) groups is 2. The molecule has 0 spiro atoms. The average Bonchev–Trinajstić information content (AvgIpc) is 2.62. The number of rotatable bonds is 2. The molecule has 0 heterocycles. The minimum absolute atomic E-state index is 0.294. The Morgan fingerprint density at radius 3 is 2.82 bits per heavy atom. The molecular weight excluding hydrogens is 140 g/mol. The van der Waals surface area contributed by atoms with Crippen LogP contribution in [0.25, 0.3) is 0 Å². The molecule has 2 nitrogen and oxygen atoms in total. The van der Waals surface area contributed by atoms with Gasteiger partial charge in [0.15, 0.2) is 6.29 Å². The lowest BCUT2D eigenvalue weighted by atomic mass is 9.96. The van der Waals surface area contributed by atoms with Crippen LogP contribution in [-0.2, 0) is 9.59 Å². The van der Waals surface area contributed by atoms with E-state index in [1.165, 1.54) is 6.42 Å². The van der Waals surface area contributed by atoms with Crippen LogP contribution in [-0.4, -0.2) is 12.1 Å². The second-order valence-electron chi connectivity index (χ2n) is 3.37. The van der Waals surface area contributed by atoms with Crippen LogP contribution in [0.3, 0.4) is 0 Å². The molecule has 0 aliphatic heterocycles. The lowest BCUT2D eigenvalue weighted by Crippen LogP contribution is -2.10. The molecule has 2 heteroatoms. The molecule has 1 fully saturated rings. The fourth-order valence-electron chi connectivity index (χ4n) is 2.19. The van der Waals surface area contributed by atoms with E-state index < -0.39 is 0 Å². The third kappa shape index (κ3) is 0.934. The molecule has 11 heavy (non-hydrogen) atoms. The van der Waals surface area contributed by atoms with Crippen LogP contribution >= 0.6 is 0 Å². The van der Waals surface area contributed by atoms with E-state index in [-0.39, 0.29) is 5.78 Å². The molecule has 0 N–H and O–H groups in total. The predicted molar refractivity (Wildman–Crippen MR) is 40.0 cm³/mol. The summed E-state index contributed by atoms with van der Waals surface area (Å²) in [5.41, 5.74) is 0.788. The SMILES string of the molecule is O=CC(=O)C1=CC2CCC1C2. The minimum Gasteiger partial charge on any atom is -0.294 e. The van der Waals surface area contributed by atoms with Gasteiger partial charge in [-0.15, -0.1) is 0 Å². The van der Waals surface area contributed by atoms with Crippen LogP contribution < -0.4 is 0 Å². The molecule has 1 saturated carbocycles. The van der Waals surface area contributed by atoms with Gasteiger partial charge in [-0.2, -0.15) is 0 Å². The normalized spacial score (nSPS) is 33.6. The van der Waals surface area contributed by atoms with E-state index in [0.29, 0.717) is 18.1 Å². The molecule has 0 amide bonds. The van der Waals surface area contributed by atoms with Gasteiger partial charge in [-0.1, -0.05) is 6.08 Å². The molecule has 0 saturated heterocycles. The molecule has 2 aliphatic carbocycles. The summed E-state index contributed by atoms with van der Waals surface area (Å²) in [7, 11) is 0. The van der Waals surface area contributed by atoms with Gasteiger partial charge in [0.25, 0.3) is 0 Å². The van der Waals surface area contributed by atoms with Gasteiger partial charge in [-0.05, 0) is 31.1 Å². The van der Waals surface area contributed by atoms with Crippen molar-refractivity contribution in [2.24, 2.45) is 11.8 Å². The lowest BCUT2D eigenvalue weighted by molar-refractivity contribution is -0.127. The van der Waals surface area contributed by atoms with Crippen molar-refractivity contribution in [3.8, 4) is 0 Å². The first-order valence-electron chi connectivity index (χ1n) is 4.02. The van der Waals surface area contributed by atoms with Gasteiger partial charge in [0.05, 0.1) is 0 Å². The number of Topliss-reactive ketones (excluding diaryl/α,β-unsaturated/α-hetero) is 1. The number of fused-ring (bicyclic) bond motifs is 2. The van der Waals surface area contributed by atoms with Gasteiger partial charge in [0, 0.05) is 5.57 Å². The van der Waals surface area contributed by atoms with E-state index in [1.807, 2.05) is 6.08 Å². The van der Waals surface area contributed by atoms with Crippen molar-refractivity contribution in [2.75, 3.05) is 0 Å². The molecule has 58 valence electrons. The fourth-order valence-corrected chi connectivity index (χ4v) is 2.19. The highest BCUT2D eigenvalue weighted by atomic mass is 16.2. The monoisotopic (exact) mass is 150 g/mol. The Morgan fingerprint density at radius 2 is 2.36 bits per heavy atom. The molecule has 0 aromatic rings. The lowest BCUT2D eigenvalue weighted by Gasteiger charge is -2.07. The average molecular weight is 150 g/mol. The maximum absolute atomic E-state index is 11.0. The van der Waals surface area contributed by atoms with Crippen molar-refractivity contribution in [3.05, 3.63) is 11.6 Å².